The van der Waals surface area contributed by atoms with Gasteiger partial charge in [-0.3, -0.25) is 0 Å². The standard InChI is InChI=1S/C43H48ClN5O2S/c1-46(2)36-18-9-30(10-19-36)40(31-11-20-37(21-12-31)47(3)4)27-34(42-29-35(44)17-26-43(42)52(45,50)51)28-41(32-13-22-38(23-14-32)48(5)6)33-15-24-39(25-16-33)49(7)8/h9-29,34H,1-8H3,(H2,45,50,51). The smallest absolute Gasteiger partial charge is 0.238 e. The van der Waals surface area contributed by atoms with E-state index in [0.29, 0.717) is 10.6 Å². The van der Waals surface area contributed by atoms with Gasteiger partial charge in [0.2, 0.25) is 10.0 Å². The highest BCUT2D eigenvalue weighted by Crippen LogP contribution is 2.38. The summed E-state index contributed by atoms with van der Waals surface area (Å²) >= 11 is 6.64. The van der Waals surface area contributed by atoms with Crippen LogP contribution in [0.3, 0.4) is 0 Å². The van der Waals surface area contributed by atoms with E-state index in [4.69, 9.17) is 16.7 Å². The van der Waals surface area contributed by atoms with Gasteiger partial charge >= 0.3 is 0 Å². The van der Waals surface area contributed by atoms with Crippen LogP contribution in [-0.2, 0) is 10.0 Å². The van der Waals surface area contributed by atoms with E-state index in [1.165, 1.54) is 6.07 Å². The van der Waals surface area contributed by atoms with Crippen molar-refractivity contribution < 1.29 is 8.42 Å². The summed E-state index contributed by atoms with van der Waals surface area (Å²) in [6.45, 7) is 0. The van der Waals surface area contributed by atoms with Gasteiger partial charge in [0.05, 0.1) is 4.90 Å². The molecule has 0 aromatic heterocycles. The summed E-state index contributed by atoms with van der Waals surface area (Å²) in [6, 6.07) is 38.2. The van der Waals surface area contributed by atoms with E-state index in [0.717, 1.165) is 56.1 Å². The molecule has 0 fully saturated rings. The van der Waals surface area contributed by atoms with Crippen LogP contribution in [0.1, 0.15) is 33.7 Å². The highest BCUT2D eigenvalue weighted by molar-refractivity contribution is 7.89. The number of hydrogen-bond acceptors (Lipinski definition) is 6. The predicted octanol–water partition coefficient (Wildman–Crippen LogP) is 8.60. The van der Waals surface area contributed by atoms with Crippen molar-refractivity contribution in [1.29, 1.82) is 0 Å². The summed E-state index contributed by atoms with van der Waals surface area (Å²) in [5.74, 6) is -0.582. The molecule has 0 unspecified atom stereocenters. The zero-order chi connectivity index (χ0) is 37.7. The molecule has 0 radical (unpaired) electrons. The van der Waals surface area contributed by atoms with E-state index in [9.17, 15) is 8.42 Å². The minimum Gasteiger partial charge on any atom is -0.378 e. The van der Waals surface area contributed by atoms with Crippen LogP contribution in [0.5, 0.6) is 0 Å². The largest absolute Gasteiger partial charge is 0.378 e. The molecule has 52 heavy (non-hydrogen) atoms. The Labute approximate surface area is 314 Å². The molecule has 2 N–H and O–H groups in total. The van der Waals surface area contributed by atoms with Crippen LogP contribution in [0.2, 0.25) is 5.02 Å². The lowest BCUT2D eigenvalue weighted by atomic mass is 9.86. The third-order valence-corrected chi connectivity index (χ3v) is 10.3. The number of hydrogen-bond donors (Lipinski definition) is 1. The van der Waals surface area contributed by atoms with Gasteiger partial charge in [0.25, 0.3) is 0 Å². The van der Waals surface area contributed by atoms with Crippen molar-refractivity contribution in [2.75, 3.05) is 76.0 Å². The van der Waals surface area contributed by atoms with Crippen LogP contribution < -0.4 is 24.7 Å². The van der Waals surface area contributed by atoms with Crippen molar-refractivity contribution in [3.63, 3.8) is 0 Å². The van der Waals surface area contributed by atoms with Crippen molar-refractivity contribution in [1.82, 2.24) is 0 Å². The third kappa shape index (κ3) is 9.06. The monoisotopic (exact) mass is 733 g/mol. The van der Waals surface area contributed by atoms with Gasteiger partial charge in [-0.25, -0.2) is 13.6 Å². The molecule has 5 rings (SSSR count). The Bertz CT molecular complexity index is 1930. The highest BCUT2D eigenvalue weighted by Gasteiger charge is 2.22. The lowest BCUT2D eigenvalue weighted by Crippen LogP contribution is -2.16. The van der Waals surface area contributed by atoms with E-state index in [1.54, 1.807) is 12.1 Å². The highest BCUT2D eigenvalue weighted by atomic mass is 35.5. The lowest BCUT2D eigenvalue weighted by molar-refractivity contribution is 0.596. The second-order valence-electron chi connectivity index (χ2n) is 13.7. The summed E-state index contributed by atoms with van der Waals surface area (Å²) in [5.41, 5.74) is 10.5. The number of halogens is 1. The topological polar surface area (TPSA) is 73.1 Å². The summed E-state index contributed by atoms with van der Waals surface area (Å²) in [7, 11) is 12.0. The fourth-order valence-electron chi connectivity index (χ4n) is 6.10. The zero-order valence-corrected chi connectivity index (χ0v) is 32.7. The van der Waals surface area contributed by atoms with Crippen LogP contribution in [-0.4, -0.2) is 64.8 Å². The Morgan fingerprint density at radius 1 is 0.519 bits per heavy atom. The van der Waals surface area contributed by atoms with Gasteiger partial charge in [-0.2, -0.15) is 0 Å². The van der Waals surface area contributed by atoms with Gasteiger partial charge in [-0.15, -0.1) is 0 Å². The van der Waals surface area contributed by atoms with Crippen LogP contribution in [0.4, 0.5) is 22.7 Å². The molecule has 0 aliphatic rings. The summed E-state index contributed by atoms with van der Waals surface area (Å²) in [5, 5.41) is 6.31. The molecule has 0 aliphatic carbocycles. The lowest BCUT2D eigenvalue weighted by Gasteiger charge is -2.21. The van der Waals surface area contributed by atoms with Crippen LogP contribution in [0.15, 0.2) is 132 Å². The minimum absolute atomic E-state index is 0.0184. The number of benzene rings is 5. The van der Waals surface area contributed by atoms with Gasteiger partial charge in [0.15, 0.2) is 0 Å². The number of nitrogens with zero attached hydrogens (tertiary/aromatic N) is 4. The number of sulfonamides is 1. The fourth-order valence-corrected chi connectivity index (χ4v) is 7.06. The molecule has 0 spiro atoms. The molecule has 7 nitrogen and oxygen atoms in total. The molecule has 0 aliphatic heterocycles. The molecule has 0 amide bonds. The van der Waals surface area contributed by atoms with Gasteiger partial charge in [0, 0.05) is 90.1 Å². The molecule has 270 valence electrons. The van der Waals surface area contributed by atoms with E-state index < -0.39 is 15.9 Å². The first-order valence-corrected chi connectivity index (χ1v) is 18.9. The van der Waals surface area contributed by atoms with Gasteiger partial charge in [-0.05, 0) is 106 Å². The number of rotatable bonds is 12. The number of allylic oxidation sites excluding steroid dienone is 2. The Balaban J connectivity index is 1.86. The van der Waals surface area contributed by atoms with Gasteiger partial charge in [0.1, 0.15) is 0 Å². The molecule has 5 aromatic rings. The number of nitrogens with two attached hydrogens (primary N) is 1. The molecule has 0 heterocycles. The summed E-state index contributed by atoms with van der Waals surface area (Å²) in [6.07, 6.45) is 4.25. The normalized spacial score (nSPS) is 11.2. The quantitative estimate of drug-likeness (QED) is 0.139. The Morgan fingerprint density at radius 3 is 1.06 bits per heavy atom. The zero-order valence-electron chi connectivity index (χ0n) is 31.2. The first-order chi connectivity index (χ1) is 24.6. The Morgan fingerprint density at radius 2 is 0.808 bits per heavy atom. The Hall–Kier alpha value is -5.02. The molecular weight excluding hydrogens is 686 g/mol. The van der Waals surface area contributed by atoms with Crippen LogP contribution in [0, 0.1) is 0 Å². The van der Waals surface area contributed by atoms with E-state index in [2.05, 4.69) is 129 Å². The van der Waals surface area contributed by atoms with Crippen molar-refractivity contribution in [3.8, 4) is 0 Å². The SMILES string of the molecule is CN(C)c1ccc(C(=CC(C=C(c2ccc(N(C)C)cc2)c2ccc(N(C)C)cc2)c2cc(Cl)ccc2S(N)(=O)=O)c2ccc(N(C)C)cc2)cc1. The molecule has 0 saturated heterocycles. The maximum Gasteiger partial charge on any atom is 0.238 e. The van der Waals surface area contributed by atoms with Gasteiger partial charge < -0.3 is 19.6 Å². The molecule has 0 saturated carbocycles. The summed E-state index contributed by atoms with van der Waals surface area (Å²) in [4.78, 5) is 8.26. The average molecular weight is 734 g/mol. The molecule has 9 heteroatoms. The van der Waals surface area contributed by atoms with E-state index in [-0.39, 0.29) is 4.90 Å². The second-order valence-corrected chi connectivity index (χ2v) is 15.6. The summed E-state index contributed by atoms with van der Waals surface area (Å²) < 4.78 is 26.4. The van der Waals surface area contributed by atoms with Crippen molar-refractivity contribution in [2.45, 2.75) is 10.8 Å². The molecule has 5 aromatic carbocycles. The fraction of sp³-hybridized carbons (Fsp3) is 0.209. The first-order valence-electron chi connectivity index (χ1n) is 17.0. The maximum atomic E-state index is 13.2. The van der Waals surface area contributed by atoms with E-state index in [1.807, 2.05) is 56.4 Å². The predicted molar refractivity (Wildman–Crippen MR) is 223 cm³/mol. The first kappa shape index (κ1) is 38.2. The second kappa shape index (κ2) is 16.1. The number of primary sulfonamides is 1. The molecule has 0 bridgehead atoms. The minimum atomic E-state index is -4.13. The average Bonchev–Trinajstić information content (AvgIpc) is 3.11. The molecular formula is C43H48ClN5O2S. The third-order valence-electron chi connectivity index (χ3n) is 9.11. The Kier molecular flexibility index (Phi) is 11.8. The van der Waals surface area contributed by atoms with Crippen molar-refractivity contribution in [2.24, 2.45) is 5.14 Å². The van der Waals surface area contributed by atoms with Gasteiger partial charge in [-0.1, -0.05) is 72.3 Å². The number of anilines is 4. The van der Waals surface area contributed by atoms with Crippen molar-refractivity contribution in [3.05, 3.63) is 160 Å². The van der Waals surface area contributed by atoms with Crippen LogP contribution in [0.25, 0.3) is 11.1 Å². The van der Waals surface area contributed by atoms with E-state index >= 15 is 0 Å². The van der Waals surface area contributed by atoms with Crippen molar-refractivity contribution >= 4 is 55.5 Å². The van der Waals surface area contributed by atoms with Crippen LogP contribution >= 0.6 is 11.6 Å². The maximum absolute atomic E-state index is 13.2. The molecule has 0 atom stereocenters.